The maximum absolute atomic E-state index is 11.7. The second-order valence-corrected chi connectivity index (χ2v) is 13.1. The van der Waals surface area contributed by atoms with Crippen LogP contribution in [-0.2, 0) is 35.7 Å². The van der Waals surface area contributed by atoms with E-state index in [1.807, 2.05) is 46.2 Å². The Labute approximate surface area is 271 Å². The van der Waals surface area contributed by atoms with Crippen molar-refractivity contribution in [2.45, 2.75) is 98.8 Å². The van der Waals surface area contributed by atoms with Crippen LogP contribution in [0.1, 0.15) is 105 Å². The first-order valence-corrected chi connectivity index (χ1v) is 15.6. The van der Waals surface area contributed by atoms with Crippen molar-refractivity contribution in [3.8, 4) is 11.3 Å². The van der Waals surface area contributed by atoms with Crippen LogP contribution >= 0.6 is 0 Å². The largest absolute Gasteiger partial charge is 0.512 e. The Hall–Kier alpha value is -2.88. The van der Waals surface area contributed by atoms with Crippen molar-refractivity contribution in [2.24, 2.45) is 11.8 Å². The quantitative estimate of drug-likeness (QED) is 0.116. The Bertz CT molecular complexity index is 1620. The topological polar surface area (TPSA) is 63.1 Å². The van der Waals surface area contributed by atoms with Crippen LogP contribution in [0.2, 0.25) is 0 Å². The van der Waals surface area contributed by atoms with E-state index >= 15 is 0 Å². The third-order valence-electron chi connectivity index (χ3n) is 9.06. The fourth-order valence-electron chi connectivity index (χ4n) is 6.23. The van der Waals surface area contributed by atoms with E-state index in [-0.39, 0.29) is 54.3 Å². The molecule has 1 aliphatic carbocycles. The van der Waals surface area contributed by atoms with Gasteiger partial charge in [0.2, 0.25) is 0 Å². The van der Waals surface area contributed by atoms with Crippen molar-refractivity contribution in [1.29, 1.82) is 0 Å². The molecule has 1 N–H and O–H groups in total. The normalized spacial score (nSPS) is 13.9. The molecule has 2 aromatic carbocycles. The van der Waals surface area contributed by atoms with Crippen LogP contribution in [0.15, 0.2) is 60.6 Å². The Morgan fingerprint density at radius 3 is 2.23 bits per heavy atom. The predicted octanol–water partition coefficient (Wildman–Crippen LogP) is 10.1. The van der Waals surface area contributed by atoms with Crippen LogP contribution in [0.3, 0.4) is 0 Å². The van der Waals surface area contributed by atoms with Crippen LogP contribution in [0.25, 0.3) is 32.9 Å². The van der Waals surface area contributed by atoms with Gasteiger partial charge in [-0.2, -0.15) is 0 Å². The van der Waals surface area contributed by atoms with Crippen LogP contribution < -0.4 is 0 Å². The van der Waals surface area contributed by atoms with Crippen LogP contribution in [0.4, 0.5) is 0 Å². The molecule has 0 bridgehead atoms. The molecule has 2 heterocycles. The summed E-state index contributed by atoms with van der Waals surface area (Å²) in [7, 11) is 0. The number of aliphatic hydroxyl groups excluding tert-OH is 1. The maximum Gasteiger partial charge on any atom is 0.162 e. The molecule has 2 aromatic heterocycles. The van der Waals surface area contributed by atoms with Gasteiger partial charge in [-0.25, -0.2) is 0 Å². The Kier molecular flexibility index (Phi) is 11.1. The molecule has 4 nitrogen and oxygen atoms in total. The zero-order valence-corrected chi connectivity index (χ0v) is 29.7. The van der Waals surface area contributed by atoms with Gasteiger partial charge in [0.1, 0.15) is 0 Å². The third kappa shape index (κ3) is 6.79. The maximum atomic E-state index is 11.7. The summed E-state index contributed by atoms with van der Waals surface area (Å²) < 4.78 is 0. The number of hydrogen-bond acceptors (Lipinski definition) is 4. The van der Waals surface area contributed by atoms with E-state index in [1.165, 1.54) is 38.9 Å². The SMILES string of the molecule is CC(C)(C)c1cnc2cnc3c(c2c1)C(C)(C)c1cccc2cc[c-]c-3c12.CCC(CC)C(=O)/C=C(\O)C(CC)CC.[Ir]. The van der Waals surface area contributed by atoms with Crippen molar-refractivity contribution in [2.75, 3.05) is 0 Å². The van der Waals surface area contributed by atoms with Gasteiger partial charge in [-0.15, -0.1) is 29.1 Å². The van der Waals surface area contributed by atoms with Gasteiger partial charge in [0.05, 0.1) is 11.3 Å². The van der Waals surface area contributed by atoms with Gasteiger partial charge in [0, 0.05) is 55.8 Å². The first-order valence-electron chi connectivity index (χ1n) is 15.6. The second-order valence-electron chi connectivity index (χ2n) is 13.1. The summed E-state index contributed by atoms with van der Waals surface area (Å²) in [5.41, 5.74) is 6.88. The number of carbonyl (C=O) groups is 1. The minimum Gasteiger partial charge on any atom is -0.512 e. The molecule has 4 aromatic rings. The standard InChI is InChI=1S/C25H23N2.C13H24O2.Ir/c1-24(2,3)16-12-18-20(26-13-16)14-27-23-17-10-6-8-15-9-7-11-19(21(15)17)25(4,5)22(18)23;1-5-10(6-2)12(14)9-13(15)11(7-3)8-4;/h6-9,11-14H,1-5H3;9-11,14H,5-8H2,1-4H3;/q-1;;/b;12-9-;. The van der Waals surface area contributed by atoms with Gasteiger partial charge in [0.25, 0.3) is 0 Å². The van der Waals surface area contributed by atoms with Crippen LogP contribution in [0.5, 0.6) is 0 Å². The van der Waals surface area contributed by atoms with E-state index in [4.69, 9.17) is 9.97 Å². The van der Waals surface area contributed by atoms with Gasteiger partial charge in [0.15, 0.2) is 5.78 Å². The fraction of sp³-hybridized carbons (Fsp3) is 0.447. The number of ketones is 1. The number of nitrogens with zero attached hydrogens (tertiary/aromatic N) is 2. The van der Waals surface area contributed by atoms with E-state index in [9.17, 15) is 9.90 Å². The average Bonchev–Trinajstić information content (AvgIpc) is 2.96. The van der Waals surface area contributed by atoms with Crippen LogP contribution in [0, 0.1) is 17.9 Å². The summed E-state index contributed by atoms with van der Waals surface area (Å²) >= 11 is 0. The predicted molar refractivity (Wildman–Crippen MR) is 176 cm³/mol. The number of fused-ring (bicyclic) bond motifs is 4. The molecule has 0 atom stereocenters. The fourth-order valence-corrected chi connectivity index (χ4v) is 6.23. The Morgan fingerprint density at radius 2 is 1.63 bits per heavy atom. The second kappa shape index (κ2) is 13.8. The molecule has 0 aliphatic heterocycles. The third-order valence-corrected chi connectivity index (χ3v) is 9.06. The van der Waals surface area contributed by atoms with E-state index in [1.54, 1.807) is 0 Å². The van der Waals surface area contributed by atoms with Crippen molar-refractivity contribution in [3.05, 3.63) is 83.4 Å². The minimum absolute atomic E-state index is 0. The molecule has 0 amide bonds. The van der Waals surface area contributed by atoms with Gasteiger partial charge in [-0.3, -0.25) is 9.78 Å². The van der Waals surface area contributed by atoms with E-state index < -0.39 is 0 Å². The molecular weight excluding hydrogens is 709 g/mol. The van der Waals surface area contributed by atoms with Gasteiger partial charge >= 0.3 is 0 Å². The van der Waals surface area contributed by atoms with Crippen LogP contribution in [-0.4, -0.2) is 20.9 Å². The zero-order valence-electron chi connectivity index (χ0n) is 27.3. The molecule has 231 valence electrons. The van der Waals surface area contributed by atoms with E-state index in [2.05, 4.69) is 71.0 Å². The summed E-state index contributed by atoms with van der Waals surface area (Å²) in [4.78, 5) is 21.3. The van der Waals surface area contributed by atoms with Gasteiger partial charge < -0.3 is 10.1 Å². The number of pyridine rings is 2. The monoisotopic (exact) mass is 756 g/mol. The molecule has 1 aliphatic rings. The number of carbonyl (C=O) groups excluding carboxylic acids is 1. The summed E-state index contributed by atoms with van der Waals surface area (Å²) in [6.07, 6.45) is 8.81. The number of benzene rings is 2. The summed E-state index contributed by atoms with van der Waals surface area (Å²) in [6, 6.07) is 16.5. The van der Waals surface area contributed by atoms with E-state index in [0.717, 1.165) is 42.5 Å². The molecule has 0 fully saturated rings. The van der Waals surface area contributed by atoms with E-state index in [0.29, 0.717) is 0 Å². The molecule has 1 radical (unpaired) electrons. The molecule has 0 unspecified atom stereocenters. The van der Waals surface area contributed by atoms with Crippen molar-refractivity contribution in [1.82, 2.24) is 9.97 Å². The first kappa shape index (κ1) is 34.6. The molecule has 0 saturated heterocycles. The summed E-state index contributed by atoms with van der Waals surface area (Å²) in [5.74, 6) is 0.547. The number of aliphatic hydroxyl groups is 1. The number of hydrogen-bond donors (Lipinski definition) is 1. The number of aromatic nitrogens is 2. The van der Waals surface area contributed by atoms with Crippen molar-refractivity contribution < 1.29 is 30.0 Å². The first-order chi connectivity index (χ1) is 19.9. The van der Waals surface area contributed by atoms with Gasteiger partial charge in [-0.05, 0) is 59.4 Å². The molecule has 5 rings (SSSR count). The summed E-state index contributed by atoms with van der Waals surface area (Å²) in [5, 5.41) is 13.5. The molecule has 0 spiro atoms. The number of rotatable bonds is 7. The molecular formula is C38H47IrN2O2-. The molecule has 0 saturated carbocycles. The molecule has 5 heteroatoms. The summed E-state index contributed by atoms with van der Waals surface area (Å²) in [6.45, 7) is 19.4. The average molecular weight is 756 g/mol. The van der Waals surface area contributed by atoms with Crippen molar-refractivity contribution in [3.63, 3.8) is 0 Å². The van der Waals surface area contributed by atoms with Crippen molar-refractivity contribution >= 4 is 27.5 Å². The van der Waals surface area contributed by atoms with Gasteiger partial charge in [-0.1, -0.05) is 91.5 Å². The molecule has 43 heavy (non-hydrogen) atoms. The zero-order chi connectivity index (χ0) is 30.8. The smallest absolute Gasteiger partial charge is 0.162 e. The Balaban J connectivity index is 0.000000274. The minimum atomic E-state index is -0.151. The Morgan fingerprint density at radius 1 is 0.977 bits per heavy atom. The number of allylic oxidation sites excluding steroid dienone is 2.